The molecule has 17 rings (SSSR count). The third kappa shape index (κ3) is 7.67. The maximum absolute atomic E-state index is 5.45. The van der Waals surface area contributed by atoms with Gasteiger partial charge in [0.1, 0.15) is 5.65 Å². The fourth-order valence-corrected chi connectivity index (χ4v) is 13.2. The molecule has 0 N–H and O–H groups in total. The summed E-state index contributed by atoms with van der Waals surface area (Å²) in [4.78, 5) is 5.45. The Kier molecular flexibility index (Phi) is 10.9. The third-order valence-electron chi connectivity index (χ3n) is 17.2. The molecule has 0 aliphatic heterocycles. The van der Waals surface area contributed by atoms with Crippen LogP contribution in [0.4, 0.5) is 0 Å². The number of rotatable bonds is 9. The fraction of sp³-hybridized carbons (Fsp3) is 0. The number of pyridine rings is 1. The number of hydrogen-bond acceptors (Lipinski definition) is 1. The molecule has 0 saturated heterocycles. The second-order valence-corrected chi connectivity index (χ2v) is 22.0. The van der Waals surface area contributed by atoms with Gasteiger partial charge in [-0.2, -0.15) is 0 Å². The number of imidazole rings is 1. The van der Waals surface area contributed by atoms with E-state index in [1.165, 1.54) is 66.1 Å². The third-order valence-corrected chi connectivity index (χ3v) is 17.2. The van der Waals surface area contributed by atoms with Crippen molar-refractivity contribution in [3.63, 3.8) is 0 Å². The SMILES string of the molecule is c1ccc(-c2ccc3c(c2)c2cc(-c4ccccc4)ccc2n3-c2ccc3c(c2)c2cc(-n4c5ccc(-c6ccccc6)cc5c5cc(-c6ccccc6)ccc54)ccc2n3-c2ccn3c(-c4ccccc4)c(-c4ccccc4)nc3c2)cc1. The largest absolute Gasteiger partial charge is 0.309 e. The molecule has 0 aliphatic carbocycles. The monoisotopic (exact) mass is 1070 g/mol. The lowest BCUT2D eigenvalue weighted by Crippen LogP contribution is -1.98. The molecule has 392 valence electrons. The predicted octanol–water partition coefficient (Wildman–Crippen LogP) is 20.6. The standard InChI is InChI=1S/C79H51N5/c1-7-19-52(20-8-1)58-31-37-71-65(45-58)66-46-59(53-21-9-2-10-22-53)32-38-72(66)82(71)62-35-41-75-69(49-62)70-50-63(83-73-39-33-60(54-23-11-3-12-24-54)47-67(73)68-48-61(34-40-74(68)83)55-25-13-4-14-26-55)36-42-76(70)84(75)64-43-44-81-77(51-64)80-78(56-27-15-5-16-28-56)79(81)57-29-17-6-18-30-57/h1-51H. The average Bonchev–Trinajstić information content (AvgIpc) is 3.28. The van der Waals surface area contributed by atoms with E-state index in [4.69, 9.17) is 4.98 Å². The summed E-state index contributed by atoms with van der Waals surface area (Å²) in [5.41, 5.74) is 24.7. The van der Waals surface area contributed by atoms with Crippen molar-refractivity contribution in [1.82, 2.24) is 23.1 Å². The molecule has 0 amide bonds. The molecule has 12 aromatic carbocycles. The van der Waals surface area contributed by atoms with Crippen molar-refractivity contribution in [3.05, 3.63) is 310 Å². The molecule has 0 bridgehead atoms. The van der Waals surface area contributed by atoms with E-state index in [-0.39, 0.29) is 0 Å². The summed E-state index contributed by atoms with van der Waals surface area (Å²) in [6, 6.07) is 111. The lowest BCUT2D eigenvalue weighted by molar-refractivity contribution is 1.12. The minimum Gasteiger partial charge on any atom is -0.309 e. The predicted molar refractivity (Wildman–Crippen MR) is 351 cm³/mol. The summed E-state index contributed by atoms with van der Waals surface area (Å²) in [6.07, 6.45) is 2.20. The Hall–Kier alpha value is -11.3. The Morgan fingerprint density at radius 2 is 0.500 bits per heavy atom. The summed E-state index contributed by atoms with van der Waals surface area (Å²) in [5, 5.41) is 7.15. The van der Waals surface area contributed by atoms with Crippen LogP contribution >= 0.6 is 0 Å². The minimum atomic E-state index is 0.874. The van der Waals surface area contributed by atoms with E-state index in [1.807, 2.05) is 0 Å². The van der Waals surface area contributed by atoms with Gasteiger partial charge in [0.2, 0.25) is 0 Å². The quantitative estimate of drug-likeness (QED) is 0.142. The summed E-state index contributed by atoms with van der Waals surface area (Å²) in [7, 11) is 0. The van der Waals surface area contributed by atoms with Gasteiger partial charge in [-0.1, -0.05) is 206 Å². The number of benzene rings is 12. The van der Waals surface area contributed by atoms with Gasteiger partial charge in [-0.25, -0.2) is 4.98 Å². The topological polar surface area (TPSA) is 32.1 Å². The van der Waals surface area contributed by atoms with Crippen LogP contribution in [0.3, 0.4) is 0 Å². The van der Waals surface area contributed by atoms with Crippen molar-refractivity contribution in [2.75, 3.05) is 0 Å². The lowest BCUT2D eigenvalue weighted by atomic mass is 10.0. The second-order valence-electron chi connectivity index (χ2n) is 22.0. The molecular weight excluding hydrogens is 1020 g/mol. The first-order valence-corrected chi connectivity index (χ1v) is 28.8. The van der Waals surface area contributed by atoms with Crippen LogP contribution < -0.4 is 0 Å². The zero-order valence-electron chi connectivity index (χ0n) is 45.7. The van der Waals surface area contributed by atoms with Crippen molar-refractivity contribution in [2.24, 2.45) is 0 Å². The molecule has 5 heteroatoms. The van der Waals surface area contributed by atoms with E-state index < -0.39 is 0 Å². The van der Waals surface area contributed by atoms with Crippen LogP contribution in [0.2, 0.25) is 0 Å². The summed E-state index contributed by atoms with van der Waals surface area (Å²) in [6.45, 7) is 0. The van der Waals surface area contributed by atoms with Gasteiger partial charge in [-0.05, 0) is 136 Å². The molecule has 0 atom stereocenters. The number of fused-ring (bicyclic) bond motifs is 10. The van der Waals surface area contributed by atoms with Crippen LogP contribution in [0.5, 0.6) is 0 Å². The van der Waals surface area contributed by atoms with Crippen LogP contribution in [-0.2, 0) is 0 Å². The maximum atomic E-state index is 5.45. The molecular formula is C79H51N5. The van der Waals surface area contributed by atoms with Crippen LogP contribution in [-0.4, -0.2) is 23.1 Å². The highest BCUT2D eigenvalue weighted by molar-refractivity contribution is 6.15. The molecule has 0 unspecified atom stereocenters. The van der Waals surface area contributed by atoms with E-state index in [1.54, 1.807) is 0 Å². The van der Waals surface area contributed by atoms with Crippen LogP contribution in [0.15, 0.2) is 310 Å². The minimum absolute atomic E-state index is 0.874. The number of hydrogen-bond donors (Lipinski definition) is 0. The lowest BCUT2D eigenvalue weighted by Gasteiger charge is -2.12. The fourth-order valence-electron chi connectivity index (χ4n) is 13.2. The first-order valence-electron chi connectivity index (χ1n) is 28.8. The van der Waals surface area contributed by atoms with Crippen LogP contribution in [0.1, 0.15) is 0 Å². The second kappa shape index (κ2) is 19.2. The first-order chi connectivity index (χ1) is 41.6. The Labute approximate surface area is 485 Å². The Morgan fingerprint density at radius 3 is 0.845 bits per heavy atom. The zero-order chi connectivity index (χ0) is 55.2. The van der Waals surface area contributed by atoms with Crippen molar-refractivity contribution in [1.29, 1.82) is 0 Å². The van der Waals surface area contributed by atoms with E-state index >= 15 is 0 Å². The van der Waals surface area contributed by atoms with Crippen LogP contribution in [0, 0.1) is 0 Å². The highest BCUT2D eigenvalue weighted by atomic mass is 15.1. The zero-order valence-corrected chi connectivity index (χ0v) is 45.7. The van der Waals surface area contributed by atoms with Gasteiger partial charge < -0.3 is 13.7 Å². The van der Waals surface area contributed by atoms with E-state index in [0.29, 0.717) is 0 Å². The summed E-state index contributed by atoms with van der Waals surface area (Å²) in [5.74, 6) is 0. The summed E-state index contributed by atoms with van der Waals surface area (Å²) < 4.78 is 9.62. The molecule has 0 saturated carbocycles. The van der Waals surface area contributed by atoms with Crippen molar-refractivity contribution < 1.29 is 0 Å². The Balaban J connectivity index is 0.917. The molecule has 0 spiro atoms. The van der Waals surface area contributed by atoms with Crippen molar-refractivity contribution >= 4 is 71.1 Å². The molecule has 17 aromatic rings. The normalized spacial score (nSPS) is 11.8. The van der Waals surface area contributed by atoms with Gasteiger partial charge in [-0.15, -0.1) is 0 Å². The van der Waals surface area contributed by atoms with Gasteiger partial charge >= 0.3 is 0 Å². The van der Waals surface area contributed by atoms with Crippen molar-refractivity contribution in [2.45, 2.75) is 0 Å². The number of nitrogens with zero attached hydrogens (tertiary/aromatic N) is 5. The van der Waals surface area contributed by atoms with E-state index in [2.05, 4.69) is 328 Å². The smallest absolute Gasteiger partial charge is 0.140 e. The van der Waals surface area contributed by atoms with Crippen molar-refractivity contribution in [3.8, 4) is 84.1 Å². The Bertz CT molecular complexity index is 4930. The summed E-state index contributed by atoms with van der Waals surface area (Å²) >= 11 is 0. The molecule has 0 radical (unpaired) electrons. The van der Waals surface area contributed by atoms with E-state index in [0.717, 1.165) is 89.1 Å². The van der Waals surface area contributed by atoms with E-state index in [9.17, 15) is 0 Å². The molecule has 5 heterocycles. The highest BCUT2D eigenvalue weighted by Gasteiger charge is 2.23. The highest BCUT2D eigenvalue weighted by Crippen LogP contribution is 2.43. The Morgan fingerprint density at radius 1 is 0.214 bits per heavy atom. The molecule has 84 heavy (non-hydrogen) atoms. The van der Waals surface area contributed by atoms with Crippen LogP contribution in [0.25, 0.3) is 155 Å². The molecule has 5 nitrogen and oxygen atoms in total. The number of aromatic nitrogens is 5. The first kappa shape index (κ1) is 47.5. The molecule has 0 aliphatic rings. The average molecular weight is 1070 g/mol. The van der Waals surface area contributed by atoms with Gasteiger partial charge in [0.15, 0.2) is 0 Å². The van der Waals surface area contributed by atoms with Gasteiger partial charge in [0.05, 0.1) is 50.2 Å². The van der Waals surface area contributed by atoms with Gasteiger partial charge in [-0.3, -0.25) is 4.40 Å². The molecule has 0 fully saturated rings. The molecule has 5 aromatic heterocycles. The van der Waals surface area contributed by atoms with Gasteiger partial charge in [0.25, 0.3) is 0 Å². The maximum Gasteiger partial charge on any atom is 0.140 e. The van der Waals surface area contributed by atoms with Gasteiger partial charge in [0, 0.05) is 67.1 Å².